The van der Waals surface area contributed by atoms with Crippen LogP contribution < -0.4 is 4.74 Å². The maximum atomic E-state index is 10.6. The second-order valence-electron chi connectivity index (χ2n) is 6.60. The summed E-state index contributed by atoms with van der Waals surface area (Å²) in [7, 11) is 1.72. The Labute approximate surface area is 162 Å². The number of benzene rings is 1. The lowest BCUT2D eigenvalue weighted by Crippen LogP contribution is -2.51. The Morgan fingerprint density at radius 1 is 1.36 bits per heavy atom. The molecule has 1 aromatic carbocycles. The molecule has 3 rings (SSSR count). The molecule has 1 aliphatic carbocycles. The van der Waals surface area contributed by atoms with Gasteiger partial charge in [-0.1, -0.05) is 12.1 Å². The minimum atomic E-state index is -5.08. The van der Waals surface area contributed by atoms with Crippen molar-refractivity contribution in [3.63, 3.8) is 0 Å². The van der Waals surface area contributed by atoms with Gasteiger partial charge in [0.15, 0.2) is 0 Å². The lowest BCUT2D eigenvalue weighted by atomic mass is 10.1. The van der Waals surface area contributed by atoms with Gasteiger partial charge >= 0.3 is 12.1 Å². The molecule has 0 amide bonds. The third-order valence-electron chi connectivity index (χ3n) is 4.79. The molecule has 0 spiro atoms. The minimum Gasteiger partial charge on any atom is -0.497 e. The first-order chi connectivity index (χ1) is 13.3. The van der Waals surface area contributed by atoms with Crippen LogP contribution in [0.25, 0.3) is 0 Å². The molecule has 0 unspecified atom stereocenters. The first-order valence-corrected chi connectivity index (χ1v) is 9.16. The number of carboxylic acid groups (broad SMARTS) is 1. The number of fused-ring (bicyclic) bond motifs is 1. The van der Waals surface area contributed by atoms with Crippen molar-refractivity contribution >= 4 is 5.97 Å². The number of alkyl halides is 3. The number of hydrogen-bond acceptors (Lipinski definition) is 5. The number of morpholine rings is 1. The average molecular weight is 405 g/mol. The molecular formula is C19H26F3NO5. The van der Waals surface area contributed by atoms with E-state index < -0.39 is 12.1 Å². The number of aliphatic carboxylic acids is 1. The Bertz CT molecular complexity index is 640. The molecule has 1 aliphatic heterocycles. The van der Waals surface area contributed by atoms with Crippen LogP contribution in [0.2, 0.25) is 0 Å². The van der Waals surface area contributed by atoms with Crippen LogP contribution in [0.4, 0.5) is 13.2 Å². The molecule has 1 heterocycles. The van der Waals surface area contributed by atoms with Gasteiger partial charge in [-0.15, -0.1) is 0 Å². The van der Waals surface area contributed by atoms with Crippen LogP contribution in [0, 0.1) is 0 Å². The zero-order chi connectivity index (χ0) is 20.7. The molecule has 28 heavy (non-hydrogen) atoms. The molecule has 1 saturated heterocycles. The lowest BCUT2D eigenvalue weighted by Gasteiger charge is -2.39. The van der Waals surface area contributed by atoms with Crippen molar-refractivity contribution in [2.75, 3.05) is 26.9 Å². The fourth-order valence-corrected chi connectivity index (χ4v) is 3.59. The van der Waals surface area contributed by atoms with Crippen molar-refractivity contribution in [2.45, 2.75) is 50.7 Å². The Morgan fingerprint density at radius 2 is 2.07 bits per heavy atom. The number of hydrogen-bond donors (Lipinski definition) is 1. The van der Waals surface area contributed by atoms with E-state index in [9.17, 15) is 13.2 Å². The lowest BCUT2D eigenvalue weighted by molar-refractivity contribution is -0.192. The van der Waals surface area contributed by atoms with Crippen LogP contribution in [0.1, 0.15) is 25.3 Å². The predicted molar refractivity (Wildman–Crippen MR) is 95.3 cm³/mol. The summed E-state index contributed by atoms with van der Waals surface area (Å²) in [5, 5.41) is 7.12. The molecule has 0 bridgehead atoms. The van der Waals surface area contributed by atoms with E-state index >= 15 is 0 Å². The minimum absolute atomic E-state index is 0.240. The molecule has 0 aromatic heterocycles. The second-order valence-corrected chi connectivity index (χ2v) is 6.60. The number of halogens is 3. The van der Waals surface area contributed by atoms with Crippen molar-refractivity contribution in [2.24, 2.45) is 0 Å². The highest BCUT2D eigenvalue weighted by molar-refractivity contribution is 5.73. The maximum Gasteiger partial charge on any atom is 0.490 e. The average Bonchev–Trinajstić information content (AvgIpc) is 3.06. The van der Waals surface area contributed by atoms with E-state index in [-0.39, 0.29) is 12.2 Å². The quantitative estimate of drug-likeness (QED) is 0.812. The summed E-state index contributed by atoms with van der Waals surface area (Å²) in [6.07, 6.45) is -2.30. The summed E-state index contributed by atoms with van der Waals surface area (Å²) in [5.74, 6) is -1.83. The Kier molecular flexibility index (Phi) is 8.09. The van der Waals surface area contributed by atoms with Gasteiger partial charge in [-0.3, -0.25) is 4.90 Å². The van der Waals surface area contributed by atoms with Crippen molar-refractivity contribution in [1.82, 2.24) is 4.90 Å². The summed E-state index contributed by atoms with van der Waals surface area (Å²) >= 11 is 0. The zero-order valence-corrected chi connectivity index (χ0v) is 15.9. The Hall–Kier alpha value is -1.84. The summed E-state index contributed by atoms with van der Waals surface area (Å²) in [6, 6.07) is 8.83. The highest BCUT2D eigenvalue weighted by Gasteiger charge is 2.43. The number of carbonyl (C=O) groups is 1. The molecule has 3 atom stereocenters. The standard InChI is InChI=1S/C17H25NO3.C2HF3O2/c1-3-20-16-8-7-15-17(16)21-10-9-18(15)12-13-5-4-6-14(11-13)19-2;3-2(4,5)1(6)7/h4-6,11,15-17H,3,7-10,12H2,1-2H3;(H,6,7)/t15-,16-,17+;/m0./s1. The van der Waals surface area contributed by atoms with Gasteiger partial charge in [-0.05, 0) is 37.5 Å². The van der Waals surface area contributed by atoms with Crippen molar-refractivity contribution < 1.29 is 37.3 Å². The van der Waals surface area contributed by atoms with E-state index in [1.807, 2.05) is 6.07 Å². The normalized spacial score (nSPS) is 24.8. The smallest absolute Gasteiger partial charge is 0.490 e. The summed E-state index contributed by atoms with van der Waals surface area (Å²) in [6.45, 7) is 5.59. The highest BCUT2D eigenvalue weighted by atomic mass is 19.4. The van der Waals surface area contributed by atoms with Gasteiger partial charge < -0.3 is 19.3 Å². The number of methoxy groups -OCH3 is 1. The van der Waals surface area contributed by atoms with E-state index in [1.54, 1.807) is 7.11 Å². The van der Waals surface area contributed by atoms with Gasteiger partial charge in [0.1, 0.15) is 5.75 Å². The van der Waals surface area contributed by atoms with E-state index in [4.69, 9.17) is 24.1 Å². The third-order valence-corrected chi connectivity index (χ3v) is 4.79. The van der Waals surface area contributed by atoms with Crippen LogP contribution >= 0.6 is 0 Å². The Balaban J connectivity index is 0.000000345. The van der Waals surface area contributed by atoms with Crippen LogP contribution in [-0.4, -0.2) is 67.3 Å². The van der Waals surface area contributed by atoms with Crippen molar-refractivity contribution in [3.8, 4) is 5.75 Å². The Morgan fingerprint density at radius 3 is 2.68 bits per heavy atom. The van der Waals surface area contributed by atoms with Gasteiger partial charge in [0.05, 0.1) is 25.9 Å². The highest BCUT2D eigenvalue weighted by Crippen LogP contribution is 2.33. The van der Waals surface area contributed by atoms with Gasteiger partial charge in [0, 0.05) is 25.7 Å². The van der Waals surface area contributed by atoms with E-state index in [0.29, 0.717) is 6.04 Å². The molecule has 1 N–H and O–H groups in total. The molecule has 1 aromatic rings. The molecule has 1 saturated carbocycles. The monoisotopic (exact) mass is 405 g/mol. The topological polar surface area (TPSA) is 68.2 Å². The van der Waals surface area contributed by atoms with Gasteiger partial charge in [-0.25, -0.2) is 4.79 Å². The van der Waals surface area contributed by atoms with Crippen LogP contribution in [0.15, 0.2) is 24.3 Å². The zero-order valence-electron chi connectivity index (χ0n) is 15.9. The molecule has 6 nitrogen and oxygen atoms in total. The molecular weight excluding hydrogens is 379 g/mol. The summed E-state index contributed by atoms with van der Waals surface area (Å²) in [5.41, 5.74) is 1.30. The van der Waals surface area contributed by atoms with Crippen molar-refractivity contribution in [1.29, 1.82) is 0 Å². The summed E-state index contributed by atoms with van der Waals surface area (Å²) in [4.78, 5) is 11.4. The largest absolute Gasteiger partial charge is 0.497 e. The second kappa shape index (κ2) is 10.1. The first kappa shape index (κ1) is 22.4. The molecule has 9 heteroatoms. The van der Waals surface area contributed by atoms with Crippen molar-refractivity contribution in [3.05, 3.63) is 29.8 Å². The number of carboxylic acids is 1. The number of rotatable bonds is 5. The SMILES string of the molecule is CCO[C@H]1CC[C@H]2[C@H]1OCCN2Cc1cccc(OC)c1.O=C(O)C(F)(F)F. The molecule has 2 aliphatic rings. The maximum absolute atomic E-state index is 10.6. The molecule has 0 radical (unpaired) electrons. The molecule has 2 fully saturated rings. The van der Waals surface area contributed by atoms with E-state index in [1.165, 1.54) is 12.0 Å². The van der Waals surface area contributed by atoms with Crippen LogP contribution in [0.3, 0.4) is 0 Å². The molecule has 158 valence electrons. The van der Waals surface area contributed by atoms with Gasteiger partial charge in [-0.2, -0.15) is 13.2 Å². The van der Waals surface area contributed by atoms with Crippen LogP contribution in [0.5, 0.6) is 5.75 Å². The fourth-order valence-electron chi connectivity index (χ4n) is 3.59. The van der Waals surface area contributed by atoms with E-state index in [0.717, 1.165) is 38.5 Å². The first-order valence-electron chi connectivity index (χ1n) is 9.16. The fraction of sp³-hybridized carbons (Fsp3) is 0.632. The summed E-state index contributed by atoms with van der Waals surface area (Å²) < 4.78 is 48.9. The van der Waals surface area contributed by atoms with Crippen LogP contribution in [-0.2, 0) is 20.8 Å². The van der Waals surface area contributed by atoms with E-state index in [2.05, 4.69) is 30.0 Å². The third kappa shape index (κ3) is 6.08. The predicted octanol–water partition coefficient (Wildman–Crippen LogP) is 3.10. The number of ether oxygens (including phenoxy) is 3. The van der Waals surface area contributed by atoms with Gasteiger partial charge in [0.2, 0.25) is 0 Å². The number of nitrogens with zero attached hydrogens (tertiary/aromatic N) is 1. The van der Waals surface area contributed by atoms with Gasteiger partial charge in [0.25, 0.3) is 0 Å².